The van der Waals surface area contributed by atoms with Crippen molar-refractivity contribution >= 4 is 33.7 Å². The molecular formula is C23H23N5O6S. The first-order valence-electron chi connectivity index (χ1n) is 10.9. The van der Waals surface area contributed by atoms with Gasteiger partial charge in [0, 0.05) is 42.1 Å². The van der Waals surface area contributed by atoms with E-state index in [4.69, 9.17) is 4.42 Å². The van der Waals surface area contributed by atoms with Gasteiger partial charge in [-0.3, -0.25) is 20.2 Å². The average molecular weight is 498 g/mol. The molecule has 0 bridgehead atoms. The van der Waals surface area contributed by atoms with Crippen LogP contribution in [-0.4, -0.2) is 46.8 Å². The first-order valence-corrected chi connectivity index (χ1v) is 12.4. The number of hydrogen-bond acceptors (Lipinski definition) is 8. The molecule has 0 unspecified atom stereocenters. The maximum Gasteiger partial charge on any atom is 0.322 e. The van der Waals surface area contributed by atoms with E-state index in [1.807, 2.05) is 31.2 Å². The summed E-state index contributed by atoms with van der Waals surface area (Å²) in [6.07, 6.45) is 2.24. The van der Waals surface area contributed by atoms with Gasteiger partial charge in [-0.15, -0.1) is 5.10 Å². The summed E-state index contributed by atoms with van der Waals surface area (Å²) in [6, 6.07) is 13.1. The molecule has 11 nitrogen and oxygen atoms in total. The number of nitrogens with one attached hydrogen (secondary N) is 1. The fraction of sp³-hybridized carbons (Fsp3) is 0.261. The Labute approximate surface area is 201 Å². The van der Waals surface area contributed by atoms with E-state index in [1.165, 1.54) is 27.9 Å². The van der Waals surface area contributed by atoms with Crippen LogP contribution in [0, 0.1) is 23.0 Å². The van der Waals surface area contributed by atoms with Crippen molar-refractivity contribution < 1.29 is 22.6 Å². The van der Waals surface area contributed by atoms with Gasteiger partial charge in [0.25, 0.3) is 5.69 Å². The number of nitrogens with zero attached hydrogens (tertiary/aromatic N) is 4. The van der Waals surface area contributed by atoms with E-state index in [9.17, 15) is 23.3 Å². The molecule has 12 heteroatoms. The average Bonchev–Trinajstić information content (AvgIpc) is 3.32. The molecular weight excluding hydrogens is 474 g/mol. The minimum Gasteiger partial charge on any atom is -0.403 e. The Morgan fingerprint density at radius 2 is 1.89 bits per heavy atom. The molecule has 4 rings (SSSR count). The van der Waals surface area contributed by atoms with Gasteiger partial charge in [-0.25, -0.2) is 8.42 Å². The highest BCUT2D eigenvalue weighted by atomic mass is 32.2. The van der Waals surface area contributed by atoms with Crippen LogP contribution in [0.4, 0.5) is 11.7 Å². The van der Waals surface area contributed by atoms with Gasteiger partial charge in [-0.05, 0) is 37.5 Å². The molecule has 0 aliphatic carbocycles. The van der Waals surface area contributed by atoms with Crippen molar-refractivity contribution in [2.75, 3.05) is 18.4 Å². The van der Waals surface area contributed by atoms with Crippen LogP contribution in [0.1, 0.15) is 24.0 Å². The smallest absolute Gasteiger partial charge is 0.322 e. The predicted molar refractivity (Wildman–Crippen MR) is 128 cm³/mol. The second-order valence-corrected chi connectivity index (χ2v) is 9.96. The molecule has 1 aliphatic rings. The number of anilines is 1. The molecule has 1 fully saturated rings. The molecule has 0 radical (unpaired) electrons. The zero-order valence-corrected chi connectivity index (χ0v) is 19.6. The van der Waals surface area contributed by atoms with Crippen LogP contribution in [0.3, 0.4) is 0 Å². The van der Waals surface area contributed by atoms with E-state index in [0.29, 0.717) is 18.4 Å². The number of rotatable bonds is 7. The first-order chi connectivity index (χ1) is 16.7. The topological polar surface area (TPSA) is 149 Å². The molecule has 1 aromatic heterocycles. The third-order valence-corrected chi connectivity index (χ3v) is 7.22. The number of nitro benzene ring substituents is 1. The summed E-state index contributed by atoms with van der Waals surface area (Å²) < 4.78 is 32.1. The maximum atomic E-state index is 12.7. The zero-order valence-electron chi connectivity index (χ0n) is 18.8. The molecule has 1 aliphatic heterocycles. The van der Waals surface area contributed by atoms with E-state index in [2.05, 4.69) is 15.5 Å². The number of carbonyl (C=O) groups is 1. The lowest BCUT2D eigenvalue weighted by molar-refractivity contribution is -0.384. The standard InChI is InChI=1S/C23H23N5O6S/c1-16-5-7-17(8-6-16)11-14-35(32,33)27-12-9-18(10-13-27)21(29)24-23-26-25-22(34-23)19-3-2-4-20(15-19)28(30)31/h2-8,11,14-15,18H,9-10,12-13H2,1H3,(H,24,26,29). The van der Waals surface area contributed by atoms with Crippen molar-refractivity contribution in [3.05, 3.63) is 75.2 Å². The van der Waals surface area contributed by atoms with Gasteiger partial charge in [0.15, 0.2) is 0 Å². The minimum atomic E-state index is -3.60. The quantitative estimate of drug-likeness (QED) is 0.384. The number of carbonyl (C=O) groups excluding carboxylic acids is 1. The predicted octanol–water partition coefficient (Wildman–Crippen LogP) is 3.60. The van der Waals surface area contributed by atoms with Gasteiger partial charge in [-0.2, -0.15) is 4.31 Å². The lowest BCUT2D eigenvalue weighted by atomic mass is 9.97. The molecule has 1 N–H and O–H groups in total. The number of aromatic nitrogens is 2. The van der Waals surface area contributed by atoms with Crippen molar-refractivity contribution in [2.45, 2.75) is 19.8 Å². The van der Waals surface area contributed by atoms with Gasteiger partial charge in [-0.1, -0.05) is 41.0 Å². The van der Waals surface area contributed by atoms with Gasteiger partial charge in [0.1, 0.15) is 0 Å². The number of hydrogen-bond donors (Lipinski definition) is 1. The summed E-state index contributed by atoms with van der Waals surface area (Å²) >= 11 is 0. The summed E-state index contributed by atoms with van der Waals surface area (Å²) in [5.74, 6) is -0.743. The fourth-order valence-electron chi connectivity index (χ4n) is 3.65. The maximum absolute atomic E-state index is 12.7. The van der Waals surface area contributed by atoms with Crippen molar-refractivity contribution in [3.8, 4) is 11.5 Å². The molecule has 0 saturated carbocycles. The Morgan fingerprint density at radius 3 is 2.57 bits per heavy atom. The molecule has 0 atom stereocenters. The second-order valence-electron chi connectivity index (χ2n) is 8.14. The highest BCUT2D eigenvalue weighted by molar-refractivity contribution is 7.92. The van der Waals surface area contributed by atoms with Crippen LogP contribution < -0.4 is 5.32 Å². The third kappa shape index (κ3) is 5.97. The number of benzene rings is 2. The number of nitro groups is 1. The van der Waals surface area contributed by atoms with Crippen LogP contribution >= 0.6 is 0 Å². The molecule has 1 amide bonds. The van der Waals surface area contributed by atoms with Crippen LogP contribution in [0.15, 0.2) is 58.4 Å². The summed E-state index contributed by atoms with van der Waals surface area (Å²) in [6.45, 7) is 2.38. The first kappa shape index (κ1) is 24.2. The van der Waals surface area contributed by atoms with E-state index in [0.717, 1.165) is 11.1 Å². The van der Waals surface area contributed by atoms with E-state index >= 15 is 0 Å². The summed E-state index contributed by atoms with van der Waals surface area (Å²) in [7, 11) is -3.60. The van der Waals surface area contributed by atoms with Gasteiger partial charge in [0.05, 0.1) is 4.92 Å². The van der Waals surface area contributed by atoms with E-state index < -0.39 is 20.9 Å². The van der Waals surface area contributed by atoms with Crippen LogP contribution in [0.25, 0.3) is 17.5 Å². The lowest BCUT2D eigenvalue weighted by Crippen LogP contribution is -2.40. The minimum absolute atomic E-state index is 0.0327. The number of sulfonamides is 1. The number of aryl methyl sites for hydroxylation is 1. The largest absolute Gasteiger partial charge is 0.403 e. The van der Waals surface area contributed by atoms with Crippen LogP contribution in [0.5, 0.6) is 0 Å². The summed E-state index contributed by atoms with van der Waals surface area (Å²) in [5, 5.41) is 22.3. The van der Waals surface area contributed by atoms with Gasteiger partial charge in [0.2, 0.25) is 21.8 Å². The van der Waals surface area contributed by atoms with E-state index in [-0.39, 0.29) is 36.6 Å². The lowest BCUT2D eigenvalue weighted by Gasteiger charge is -2.29. The fourth-order valence-corrected chi connectivity index (χ4v) is 4.87. The third-order valence-electron chi connectivity index (χ3n) is 5.65. The van der Waals surface area contributed by atoms with Crippen molar-refractivity contribution in [1.29, 1.82) is 0 Å². The SMILES string of the molecule is Cc1ccc(C=CS(=O)(=O)N2CCC(C(=O)Nc3nnc(-c4cccc([N+](=O)[O-])c4)o3)CC2)cc1. The van der Waals surface area contributed by atoms with Crippen molar-refractivity contribution in [3.63, 3.8) is 0 Å². The summed E-state index contributed by atoms with van der Waals surface area (Å²) in [5.41, 5.74) is 2.11. The molecule has 0 spiro atoms. The molecule has 182 valence electrons. The van der Waals surface area contributed by atoms with Crippen LogP contribution in [0.2, 0.25) is 0 Å². The van der Waals surface area contributed by atoms with Crippen LogP contribution in [-0.2, 0) is 14.8 Å². The Balaban J connectivity index is 1.33. The highest BCUT2D eigenvalue weighted by Crippen LogP contribution is 2.26. The molecule has 2 aromatic carbocycles. The Hall–Kier alpha value is -3.90. The molecule has 35 heavy (non-hydrogen) atoms. The number of piperidine rings is 1. The van der Waals surface area contributed by atoms with Gasteiger partial charge >= 0.3 is 6.01 Å². The Morgan fingerprint density at radius 1 is 1.17 bits per heavy atom. The highest BCUT2D eigenvalue weighted by Gasteiger charge is 2.30. The number of amides is 1. The van der Waals surface area contributed by atoms with Crippen molar-refractivity contribution in [1.82, 2.24) is 14.5 Å². The second kappa shape index (κ2) is 10.2. The van der Waals surface area contributed by atoms with Gasteiger partial charge < -0.3 is 4.42 Å². The summed E-state index contributed by atoms with van der Waals surface area (Å²) in [4.78, 5) is 23.1. The zero-order chi connectivity index (χ0) is 25.0. The monoisotopic (exact) mass is 497 g/mol. The Bertz CT molecular complexity index is 1360. The van der Waals surface area contributed by atoms with E-state index in [1.54, 1.807) is 12.1 Å². The molecule has 2 heterocycles. The normalized spacial score (nSPS) is 15.3. The Kier molecular flexibility index (Phi) is 7.03. The number of non-ortho nitro benzene ring substituents is 1. The molecule has 3 aromatic rings. The molecule has 1 saturated heterocycles. The van der Waals surface area contributed by atoms with Crippen molar-refractivity contribution in [2.24, 2.45) is 5.92 Å².